The summed E-state index contributed by atoms with van der Waals surface area (Å²) < 4.78 is 15.2. The number of benzene rings is 2. The van der Waals surface area contributed by atoms with Crippen LogP contribution in [0.3, 0.4) is 0 Å². The Labute approximate surface area is 136 Å². The molecule has 0 radical (unpaired) electrons. The maximum atomic E-state index is 13.1. The van der Waals surface area contributed by atoms with E-state index in [0.717, 1.165) is 11.4 Å². The lowest BCUT2D eigenvalue weighted by Crippen LogP contribution is -2.10. The molecule has 0 aliphatic heterocycles. The lowest BCUT2D eigenvalue weighted by molar-refractivity contribution is 0.625. The summed E-state index contributed by atoms with van der Waals surface area (Å²) in [4.78, 5) is 4.57. The zero-order chi connectivity index (χ0) is 16.4. The minimum Gasteiger partial charge on any atom is -0.330 e. The number of hydrogen-bond acceptors (Lipinski definition) is 1. The maximum absolute atomic E-state index is 13.1. The van der Waals surface area contributed by atoms with Crippen molar-refractivity contribution >= 4 is 0 Å². The predicted octanol–water partition coefficient (Wildman–Crippen LogP) is 4.84. The zero-order valence-corrected chi connectivity index (χ0v) is 13.8. The number of imidazole rings is 1. The molecule has 1 heterocycles. The number of nitrogens with zero attached hydrogens (tertiary/aromatic N) is 2. The van der Waals surface area contributed by atoms with Gasteiger partial charge in [0, 0.05) is 24.9 Å². The number of aryl methyl sites for hydroxylation is 1. The molecular formula is C20H21FN2. The van der Waals surface area contributed by atoms with Gasteiger partial charge in [-0.3, -0.25) is 0 Å². The molecular weight excluding hydrogens is 287 g/mol. The van der Waals surface area contributed by atoms with Gasteiger partial charge in [0.1, 0.15) is 11.6 Å². The Kier molecular flexibility index (Phi) is 4.28. The van der Waals surface area contributed by atoms with Gasteiger partial charge in [-0.1, -0.05) is 37.3 Å². The van der Waals surface area contributed by atoms with Gasteiger partial charge in [-0.05, 0) is 48.2 Å². The summed E-state index contributed by atoms with van der Waals surface area (Å²) in [6.45, 7) is 7.18. The molecule has 0 fully saturated rings. The Bertz CT molecular complexity index is 803. The van der Waals surface area contributed by atoms with Crippen molar-refractivity contribution in [3.05, 3.63) is 88.8 Å². The summed E-state index contributed by atoms with van der Waals surface area (Å²) in [6, 6.07) is 13.0. The van der Waals surface area contributed by atoms with E-state index in [4.69, 9.17) is 0 Å². The van der Waals surface area contributed by atoms with Gasteiger partial charge in [0.2, 0.25) is 0 Å². The summed E-state index contributed by atoms with van der Waals surface area (Å²) in [6.07, 6.45) is 3.82. The molecule has 0 aliphatic carbocycles. The highest BCUT2D eigenvalue weighted by molar-refractivity contribution is 5.38. The van der Waals surface area contributed by atoms with Crippen LogP contribution in [-0.4, -0.2) is 9.55 Å². The average Bonchev–Trinajstić information content (AvgIpc) is 3.00. The highest BCUT2D eigenvalue weighted by atomic mass is 19.1. The van der Waals surface area contributed by atoms with Gasteiger partial charge in [-0.2, -0.15) is 0 Å². The van der Waals surface area contributed by atoms with Crippen LogP contribution in [0.4, 0.5) is 4.39 Å². The van der Waals surface area contributed by atoms with Crippen LogP contribution in [0, 0.1) is 19.7 Å². The Morgan fingerprint density at radius 2 is 1.83 bits per heavy atom. The normalized spacial score (nSPS) is 12.3. The Morgan fingerprint density at radius 1 is 1.09 bits per heavy atom. The largest absolute Gasteiger partial charge is 0.330 e. The highest BCUT2D eigenvalue weighted by Gasteiger charge is 2.17. The molecule has 0 unspecified atom stereocenters. The lowest BCUT2D eigenvalue weighted by atomic mass is 9.93. The van der Waals surface area contributed by atoms with Crippen molar-refractivity contribution in [1.82, 2.24) is 9.55 Å². The molecule has 0 aliphatic rings. The van der Waals surface area contributed by atoms with E-state index in [0.29, 0.717) is 6.54 Å². The quantitative estimate of drug-likeness (QED) is 0.674. The average molecular weight is 308 g/mol. The van der Waals surface area contributed by atoms with E-state index in [-0.39, 0.29) is 11.7 Å². The molecule has 3 heteroatoms. The topological polar surface area (TPSA) is 17.8 Å². The summed E-state index contributed by atoms with van der Waals surface area (Å²) in [5.41, 5.74) is 4.98. The van der Waals surface area contributed by atoms with Gasteiger partial charge in [0.05, 0.1) is 0 Å². The van der Waals surface area contributed by atoms with E-state index in [1.54, 1.807) is 0 Å². The van der Waals surface area contributed by atoms with Gasteiger partial charge in [0.15, 0.2) is 0 Å². The first kappa shape index (κ1) is 15.5. The van der Waals surface area contributed by atoms with Gasteiger partial charge in [0.25, 0.3) is 0 Å². The molecule has 0 N–H and O–H groups in total. The van der Waals surface area contributed by atoms with E-state index in [1.807, 2.05) is 24.5 Å². The fraction of sp³-hybridized carbons (Fsp3) is 0.250. The summed E-state index contributed by atoms with van der Waals surface area (Å²) in [7, 11) is 0. The van der Waals surface area contributed by atoms with E-state index in [1.165, 1.54) is 28.8 Å². The zero-order valence-electron chi connectivity index (χ0n) is 13.8. The molecule has 0 saturated heterocycles. The monoisotopic (exact) mass is 308 g/mol. The van der Waals surface area contributed by atoms with Crippen molar-refractivity contribution in [2.24, 2.45) is 0 Å². The Morgan fingerprint density at radius 3 is 2.57 bits per heavy atom. The molecule has 0 saturated carbocycles. The lowest BCUT2D eigenvalue weighted by Gasteiger charge is -2.18. The molecule has 118 valence electrons. The molecule has 3 rings (SSSR count). The Hall–Kier alpha value is -2.42. The first-order valence-electron chi connectivity index (χ1n) is 7.88. The third-order valence-corrected chi connectivity index (χ3v) is 4.51. The molecule has 23 heavy (non-hydrogen) atoms. The third kappa shape index (κ3) is 3.19. The first-order valence-corrected chi connectivity index (χ1v) is 7.88. The fourth-order valence-corrected chi connectivity index (χ4v) is 3.00. The number of halogens is 1. The van der Waals surface area contributed by atoms with Crippen LogP contribution in [0.2, 0.25) is 0 Å². The molecule has 1 atom stereocenters. The van der Waals surface area contributed by atoms with Crippen LogP contribution in [0.1, 0.15) is 40.9 Å². The van der Waals surface area contributed by atoms with Gasteiger partial charge >= 0.3 is 0 Å². The van der Waals surface area contributed by atoms with E-state index in [2.05, 4.69) is 48.5 Å². The summed E-state index contributed by atoms with van der Waals surface area (Å²) >= 11 is 0. The van der Waals surface area contributed by atoms with E-state index >= 15 is 0 Å². The third-order valence-electron chi connectivity index (χ3n) is 4.51. The van der Waals surface area contributed by atoms with Crippen molar-refractivity contribution in [2.45, 2.75) is 33.2 Å². The van der Waals surface area contributed by atoms with Crippen molar-refractivity contribution in [3.63, 3.8) is 0 Å². The molecule has 2 nitrogen and oxygen atoms in total. The standard InChI is InChI=1S/C20H21FN2/c1-14-5-4-6-19(15(14)2)16(3)20-22-11-12-23(20)13-17-7-9-18(21)10-8-17/h4-12,16H,13H2,1-3H3/t16-/m0/s1. The van der Waals surface area contributed by atoms with Crippen LogP contribution in [0.15, 0.2) is 54.9 Å². The van der Waals surface area contributed by atoms with Crippen LogP contribution < -0.4 is 0 Å². The Balaban J connectivity index is 1.91. The second-order valence-electron chi connectivity index (χ2n) is 6.05. The minimum absolute atomic E-state index is 0.205. The van der Waals surface area contributed by atoms with Crippen LogP contribution in [0.25, 0.3) is 0 Å². The second kappa shape index (κ2) is 6.37. The number of hydrogen-bond donors (Lipinski definition) is 0. The minimum atomic E-state index is -0.205. The SMILES string of the molecule is Cc1cccc([C@H](C)c2nccn2Cc2ccc(F)cc2)c1C. The second-order valence-corrected chi connectivity index (χ2v) is 6.05. The van der Waals surface area contributed by atoms with Crippen LogP contribution in [-0.2, 0) is 6.54 Å². The van der Waals surface area contributed by atoms with Crippen LogP contribution in [0.5, 0.6) is 0 Å². The molecule has 2 aromatic carbocycles. The fourth-order valence-electron chi connectivity index (χ4n) is 3.00. The van der Waals surface area contributed by atoms with E-state index in [9.17, 15) is 4.39 Å². The molecule has 0 bridgehead atoms. The van der Waals surface area contributed by atoms with Crippen molar-refractivity contribution in [1.29, 1.82) is 0 Å². The molecule has 0 spiro atoms. The highest BCUT2D eigenvalue weighted by Crippen LogP contribution is 2.27. The van der Waals surface area contributed by atoms with Gasteiger partial charge < -0.3 is 4.57 Å². The van der Waals surface area contributed by atoms with Crippen LogP contribution >= 0.6 is 0 Å². The predicted molar refractivity (Wildman–Crippen MR) is 91.2 cm³/mol. The maximum Gasteiger partial charge on any atom is 0.123 e. The van der Waals surface area contributed by atoms with Gasteiger partial charge in [-0.25, -0.2) is 9.37 Å². The molecule has 3 aromatic rings. The summed E-state index contributed by atoms with van der Waals surface area (Å²) in [5, 5.41) is 0. The summed E-state index contributed by atoms with van der Waals surface area (Å²) in [5.74, 6) is 1.04. The molecule has 0 amide bonds. The number of aromatic nitrogens is 2. The van der Waals surface area contributed by atoms with E-state index < -0.39 is 0 Å². The van der Waals surface area contributed by atoms with Gasteiger partial charge in [-0.15, -0.1) is 0 Å². The first-order chi connectivity index (χ1) is 11.1. The van der Waals surface area contributed by atoms with Crippen molar-refractivity contribution < 1.29 is 4.39 Å². The smallest absolute Gasteiger partial charge is 0.123 e. The van der Waals surface area contributed by atoms with Crippen molar-refractivity contribution in [3.8, 4) is 0 Å². The number of rotatable bonds is 4. The molecule has 1 aromatic heterocycles. The van der Waals surface area contributed by atoms with Crippen molar-refractivity contribution in [2.75, 3.05) is 0 Å².